The van der Waals surface area contributed by atoms with Gasteiger partial charge >= 0.3 is 0 Å². The number of benzene rings is 1. The second-order valence-corrected chi connectivity index (χ2v) is 4.68. The fourth-order valence-corrected chi connectivity index (χ4v) is 1.99. The highest BCUT2D eigenvalue weighted by molar-refractivity contribution is 6.01. The van der Waals surface area contributed by atoms with Gasteiger partial charge in [0.1, 0.15) is 0 Å². The van der Waals surface area contributed by atoms with E-state index in [9.17, 15) is 0 Å². The molecule has 2 rings (SSSR count). The summed E-state index contributed by atoms with van der Waals surface area (Å²) in [5.74, 6) is 6.03. The first-order valence-electron chi connectivity index (χ1n) is 6.88. The van der Waals surface area contributed by atoms with E-state index in [0.29, 0.717) is 19.1 Å². The molecular formula is C15H21N5O. The molecule has 0 fully saturated rings. The maximum atomic E-state index is 5.51. The minimum Gasteiger partial charge on any atom is -0.385 e. The van der Waals surface area contributed by atoms with Crippen molar-refractivity contribution in [1.82, 2.24) is 10.4 Å². The zero-order valence-electron chi connectivity index (χ0n) is 12.4. The van der Waals surface area contributed by atoms with Crippen molar-refractivity contribution in [3.05, 3.63) is 36.0 Å². The number of hydrogen-bond acceptors (Lipinski definition) is 4. The van der Waals surface area contributed by atoms with Crippen LogP contribution in [-0.2, 0) is 4.74 Å². The van der Waals surface area contributed by atoms with Crippen molar-refractivity contribution in [3.8, 4) is 0 Å². The second kappa shape index (κ2) is 7.56. The minimum absolute atomic E-state index is 0.516. The number of hydrogen-bond donors (Lipinski definition) is 3. The molecule has 1 heterocycles. The van der Waals surface area contributed by atoms with Crippen LogP contribution in [0.2, 0.25) is 0 Å². The Labute approximate surface area is 124 Å². The number of pyridine rings is 1. The molecule has 0 aliphatic heterocycles. The summed E-state index contributed by atoms with van der Waals surface area (Å²) in [5, 5.41) is 4.26. The maximum absolute atomic E-state index is 5.51. The number of methoxy groups -OCH3 is 1. The number of anilines is 1. The number of rotatable bonds is 5. The Kier molecular flexibility index (Phi) is 5.48. The molecule has 0 atom stereocenters. The van der Waals surface area contributed by atoms with E-state index in [2.05, 4.69) is 20.7 Å². The lowest BCUT2D eigenvalue weighted by Gasteiger charge is -2.11. The number of aromatic nitrogens is 1. The number of hydrazine groups is 1. The van der Waals surface area contributed by atoms with Gasteiger partial charge in [0, 0.05) is 31.3 Å². The van der Waals surface area contributed by atoms with Crippen LogP contribution >= 0.6 is 0 Å². The van der Waals surface area contributed by atoms with Gasteiger partial charge in [-0.05, 0) is 25.5 Å². The molecule has 1 aromatic carbocycles. The molecule has 1 aromatic heterocycles. The first kappa shape index (κ1) is 15.2. The van der Waals surface area contributed by atoms with Crippen LogP contribution in [0, 0.1) is 6.92 Å². The van der Waals surface area contributed by atoms with Gasteiger partial charge in [-0.3, -0.25) is 15.4 Å². The smallest absolute Gasteiger partial charge is 0.210 e. The van der Waals surface area contributed by atoms with Gasteiger partial charge in [-0.25, -0.2) is 5.84 Å². The highest BCUT2D eigenvalue weighted by Gasteiger charge is 2.04. The predicted octanol–water partition coefficient (Wildman–Crippen LogP) is 1.81. The van der Waals surface area contributed by atoms with Crippen molar-refractivity contribution in [3.63, 3.8) is 0 Å². The van der Waals surface area contributed by atoms with Crippen LogP contribution in [0.5, 0.6) is 0 Å². The van der Waals surface area contributed by atoms with Gasteiger partial charge in [0.05, 0.1) is 11.2 Å². The summed E-state index contributed by atoms with van der Waals surface area (Å²) in [6, 6.07) is 10.00. The Hall–Kier alpha value is -2.18. The van der Waals surface area contributed by atoms with Crippen LogP contribution in [0.4, 0.5) is 5.69 Å². The molecule has 2 aromatic rings. The average molecular weight is 287 g/mol. The number of nitrogens with two attached hydrogens (primary N) is 1. The van der Waals surface area contributed by atoms with E-state index < -0.39 is 0 Å². The summed E-state index contributed by atoms with van der Waals surface area (Å²) in [6.45, 7) is 3.28. The van der Waals surface area contributed by atoms with Gasteiger partial charge in [-0.2, -0.15) is 0 Å². The van der Waals surface area contributed by atoms with Crippen molar-refractivity contribution in [2.24, 2.45) is 10.8 Å². The Morgan fingerprint density at radius 2 is 2.19 bits per heavy atom. The SMILES string of the molecule is COCCCN=C(NN)Nc1cccc2ccc(C)nc12. The molecule has 112 valence electrons. The van der Waals surface area contributed by atoms with Crippen molar-refractivity contribution in [2.75, 3.05) is 25.6 Å². The van der Waals surface area contributed by atoms with Crippen molar-refractivity contribution in [1.29, 1.82) is 0 Å². The Bertz CT molecular complexity index is 626. The fourth-order valence-electron chi connectivity index (χ4n) is 1.99. The van der Waals surface area contributed by atoms with Crippen LogP contribution in [0.15, 0.2) is 35.3 Å². The van der Waals surface area contributed by atoms with Crippen LogP contribution in [0.3, 0.4) is 0 Å². The molecule has 21 heavy (non-hydrogen) atoms. The Morgan fingerprint density at radius 1 is 1.33 bits per heavy atom. The van der Waals surface area contributed by atoms with Crippen LogP contribution in [-0.4, -0.2) is 31.2 Å². The molecule has 6 nitrogen and oxygen atoms in total. The summed E-state index contributed by atoms with van der Waals surface area (Å²) in [7, 11) is 1.67. The van der Waals surface area contributed by atoms with Crippen LogP contribution in [0.1, 0.15) is 12.1 Å². The Morgan fingerprint density at radius 3 is 2.95 bits per heavy atom. The summed E-state index contributed by atoms with van der Waals surface area (Å²) in [4.78, 5) is 8.93. The third-order valence-electron chi connectivity index (χ3n) is 3.03. The zero-order chi connectivity index (χ0) is 15.1. The molecule has 0 saturated carbocycles. The Balaban J connectivity index is 2.19. The van der Waals surface area contributed by atoms with Gasteiger partial charge in [0.15, 0.2) is 0 Å². The summed E-state index contributed by atoms with van der Waals surface area (Å²) in [6.07, 6.45) is 0.844. The number of nitrogens with one attached hydrogen (secondary N) is 2. The van der Waals surface area contributed by atoms with E-state index in [4.69, 9.17) is 10.6 Å². The molecule has 4 N–H and O–H groups in total. The van der Waals surface area contributed by atoms with Gasteiger partial charge in [0.2, 0.25) is 5.96 Å². The summed E-state index contributed by atoms with van der Waals surface area (Å²) >= 11 is 0. The molecule has 6 heteroatoms. The monoisotopic (exact) mass is 287 g/mol. The molecule has 0 aliphatic carbocycles. The zero-order valence-corrected chi connectivity index (χ0v) is 12.4. The summed E-state index contributed by atoms with van der Waals surface area (Å²) < 4.78 is 5.00. The molecule has 0 unspecified atom stereocenters. The lowest BCUT2D eigenvalue weighted by Crippen LogP contribution is -2.36. The van der Waals surface area contributed by atoms with Crippen molar-refractivity contribution < 1.29 is 4.74 Å². The molecular weight excluding hydrogens is 266 g/mol. The van der Waals surface area contributed by atoms with Crippen molar-refractivity contribution >= 4 is 22.5 Å². The number of aliphatic imine (C=N–C) groups is 1. The normalized spacial score (nSPS) is 11.7. The van der Waals surface area contributed by atoms with E-state index in [0.717, 1.165) is 28.7 Å². The van der Waals surface area contributed by atoms with Gasteiger partial charge in [-0.15, -0.1) is 0 Å². The number of guanidine groups is 1. The van der Waals surface area contributed by atoms with Gasteiger partial charge in [0.25, 0.3) is 0 Å². The molecule has 0 saturated heterocycles. The minimum atomic E-state index is 0.516. The molecule has 0 spiro atoms. The average Bonchev–Trinajstić information content (AvgIpc) is 2.50. The number of ether oxygens (including phenoxy) is 1. The first-order chi connectivity index (χ1) is 10.2. The third-order valence-corrected chi connectivity index (χ3v) is 3.03. The van der Waals surface area contributed by atoms with E-state index in [1.54, 1.807) is 7.11 Å². The largest absolute Gasteiger partial charge is 0.385 e. The highest BCUT2D eigenvalue weighted by atomic mass is 16.5. The molecule has 0 bridgehead atoms. The topological polar surface area (TPSA) is 84.6 Å². The highest BCUT2D eigenvalue weighted by Crippen LogP contribution is 2.21. The van der Waals surface area contributed by atoms with Crippen LogP contribution in [0.25, 0.3) is 10.9 Å². The molecule has 0 amide bonds. The van der Waals surface area contributed by atoms with Crippen LogP contribution < -0.4 is 16.6 Å². The van der Waals surface area contributed by atoms with Gasteiger partial charge in [-0.1, -0.05) is 18.2 Å². The third kappa shape index (κ3) is 4.14. The van der Waals surface area contributed by atoms with E-state index in [1.807, 2.05) is 37.3 Å². The summed E-state index contributed by atoms with van der Waals surface area (Å²) in [5.41, 5.74) is 5.32. The lowest BCUT2D eigenvalue weighted by atomic mass is 10.2. The predicted molar refractivity (Wildman–Crippen MR) is 86.2 cm³/mol. The first-order valence-corrected chi connectivity index (χ1v) is 6.88. The molecule has 0 radical (unpaired) electrons. The second-order valence-electron chi connectivity index (χ2n) is 4.68. The molecule has 0 aliphatic rings. The van der Waals surface area contributed by atoms with Crippen molar-refractivity contribution in [2.45, 2.75) is 13.3 Å². The standard InChI is InChI=1S/C15H21N5O/c1-11-7-8-12-5-3-6-13(14(12)18-11)19-15(20-16)17-9-4-10-21-2/h3,5-8H,4,9-10,16H2,1-2H3,(H2,17,19,20). The number of para-hydroxylation sites is 1. The maximum Gasteiger partial charge on any atom is 0.210 e. The lowest BCUT2D eigenvalue weighted by molar-refractivity contribution is 0.197. The van der Waals surface area contributed by atoms with E-state index >= 15 is 0 Å². The fraction of sp³-hybridized carbons (Fsp3) is 0.333. The van der Waals surface area contributed by atoms with E-state index in [-0.39, 0.29) is 0 Å². The number of fused-ring (bicyclic) bond motifs is 1. The number of aryl methyl sites for hydroxylation is 1. The van der Waals surface area contributed by atoms with Gasteiger partial charge < -0.3 is 10.1 Å². The quantitative estimate of drug-likeness (QED) is 0.257. The number of nitrogens with zero attached hydrogens (tertiary/aromatic N) is 2. The van der Waals surface area contributed by atoms with E-state index in [1.165, 1.54) is 0 Å².